The standard InChI is InChI=1S/C13H19NO2/c1-13(2)8-15-11-4-3-10(5-6-14)7-12(11)16-9-13/h3-4,7H,5-6,8-9,14H2,1-2H3. The largest absolute Gasteiger partial charge is 0.489 e. The van der Waals surface area contributed by atoms with E-state index < -0.39 is 0 Å². The average Bonchev–Trinajstić information content (AvgIpc) is 2.39. The molecule has 1 aliphatic heterocycles. The maximum Gasteiger partial charge on any atom is 0.161 e. The molecule has 0 atom stereocenters. The number of hydrogen-bond donors (Lipinski definition) is 1. The van der Waals surface area contributed by atoms with Crippen LogP contribution in [0.3, 0.4) is 0 Å². The van der Waals surface area contributed by atoms with Crippen molar-refractivity contribution in [2.24, 2.45) is 11.1 Å². The first kappa shape index (κ1) is 11.3. The van der Waals surface area contributed by atoms with Crippen LogP contribution in [0.25, 0.3) is 0 Å². The summed E-state index contributed by atoms with van der Waals surface area (Å²) in [6, 6.07) is 6.05. The molecule has 0 unspecified atom stereocenters. The molecule has 3 nitrogen and oxygen atoms in total. The van der Waals surface area contributed by atoms with E-state index in [1.54, 1.807) is 0 Å². The van der Waals surface area contributed by atoms with Gasteiger partial charge in [-0.25, -0.2) is 0 Å². The zero-order chi connectivity index (χ0) is 11.6. The van der Waals surface area contributed by atoms with E-state index in [9.17, 15) is 0 Å². The van der Waals surface area contributed by atoms with Crippen LogP contribution in [0.4, 0.5) is 0 Å². The molecule has 16 heavy (non-hydrogen) atoms. The van der Waals surface area contributed by atoms with Crippen molar-refractivity contribution in [1.82, 2.24) is 0 Å². The van der Waals surface area contributed by atoms with Gasteiger partial charge < -0.3 is 15.2 Å². The molecule has 0 radical (unpaired) electrons. The Labute approximate surface area is 96.5 Å². The normalized spacial score (nSPS) is 17.9. The molecule has 0 aliphatic carbocycles. The number of fused-ring (bicyclic) bond motifs is 1. The number of benzene rings is 1. The summed E-state index contributed by atoms with van der Waals surface area (Å²) in [5.41, 5.74) is 6.80. The van der Waals surface area contributed by atoms with Gasteiger partial charge in [-0.2, -0.15) is 0 Å². The number of hydrogen-bond acceptors (Lipinski definition) is 3. The molecule has 0 saturated carbocycles. The fourth-order valence-corrected chi connectivity index (χ4v) is 1.69. The van der Waals surface area contributed by atoms with Crippen LogP contribution < -0.4 is 15.2 Å². The first-order chi connectivity index (χ1) is 7.61. The van der Waals surface area contributed by atoms with Crippen molar-refractivity contribution in [3.63, 3.8) is 0 Å². The van der Waals surface area contributed by atoms with E-state index in [0.717, 1.165) is 17.9 Å². The van der Waals surface area contributed by atoms with Crippen molar-refractivity contribution >= 4 is 0 Å². The fraction of sp³-hybridized carbons (Fsp3) is 0.538. The Balaban J connectivity index is 2.21. The van der Waals surface area contributed by atoms with Gasteiger partial charge in [-0.15, -0.1) is 0 Å². The minimum atomic E-state index is 0.0626. The van der Waals surface area contributed by atoms with Gasteiger partial charge in [-0.1, -0.05) is 19.9 Å². The summed E-state index contributed by atoms with van der Waals surface area (Å²) >= 11 is 0. The Bertz CT molecular complexity index is 374. The second-order valence-electron chi connectivity index (χ2n) is 5.06. The van der Waals surface area contributed by atoms with Crippen LogP contribution in [-0.2, 0) is 6.42 Å². The van der Waals surface area contributed by atoms with Crippen molar-refractivity contribution < 1.29 is 9.47 Å². The van der Waals surface area contributed by atoms with Crippen LogP contribution in [0, 0.1) is 5.41 Å². The Morgan fingerprint density at radius 2 is 1.88 bits per heavy atom. The lowest BCUT2D eigenvalue weighted by Gasteiger charge is -2.19. The maximum atomic E-state index is 5.78. The third-order valence-electron chi connectivity index (χ3n) is 2.68. The fourth-order valence-electron chi connectivity index (χ4n) is 1.69. The van der Waals surface area contributed by atoms with Crippen LogP contribution >= 0.6 is 0 Å². The van der Waals surface area contributed by atoms with E-state index >= 15 is 0 Å². The SMILES string of the molecule is CC1(C)COc2ccc(CCN)cc2OC1. The van der Waals surface area contributed by atoms with Crippen molar-refractivity contribution in [1.29, 1.82) is 0 Å². The molecule has 3 heteroatoms. The van der Waals surface area contributed by atoms with Gasteiger partial charge in [-0.05, 0) is 30.7 Å². The van der Waals surface area contributed by atoms with Crippen molar-refractivity contribution in [2.75, 3.05) is 19.8 Å². The van der Waals surface area contributed by atoms with Crippen LogP contribution in [-0.4, -0.2) is 19.8 Å². The van der Waals surface area contributed by atoms with Crippen LogP contribution in [0.5, 0.6) is 11.5 Å². The highest BCUT2D eigenvalue weighted by Crippen LogP contribution is 2.34. The van der Waals surface area contributed by atoms with Gasteiger partial charge in [0.05, 0.1) is 13.2 Å². The molecule has 1 aromatic carbocycles. The van der Waals surface area contributed by atoms with Gasteiger partial charge in [0.15, 0.2) is 11.5 Å². The first-order valence-corrected chi connectivity index (χ1v) is 5.69. The highest BCUT2D eigenvalue weighted by Gasteiger charge is 2.25. The van der Waals surface area contributed by atoms with Gasteiger partial charge in [0.1, 0.15) is 0 Å². The zero-order valence-electron chi connectivity index (χ0n) is 9.95. The Kier molecular flexibility index (Phi) is 3.06. The summed E-state index contributed by atoms with van der Waals surface area (Å²) in [6.07, 6.45) is 0.875. The lowest BCUT2D eigenvalue weighted by molar-refractivity contribution is 0.140. The molecule has 1 aliphatic rings. The molecule has 1 heterocycles. The summed E-state index contributed by atoms with van der Waals surface area (Å²) in [7, 11) is 0. The quantitative estimate of drug-likeness (QED) is 0.830. The average molecular weight is 221 g/mol. The monoisotopic (exact) mass is 221 g/mol. The highest BCUT2D eigenvalue weighted by molar-refractivity contribution is 5.43. The Morgan fingerprint density at radius 3 is 2.56 bits per heavy atom. The predicted octanol–water partition coefficient (Wildman–Crippen LogP) is 1.99. The van der Waals surface area contributed by atoms with E-state index in [1.165, 1.54) is 5.56 Å². The second kappa shape index (κ2) is 4.34. The number of ether oxygens (including phenoxy) is 2. The van der Waals surface area contributed by atoms with E-state index in [1.807, 2.05) is 18.2 Å². The highest BCUT2D eigenvalue weighted by atomic mass is 16.5. The van der Waals surface area contributed by atoms with Gasteiger partial charge in [0.2, 0.25) is 0 Å². The van der Waals surface area contributed by atoms with E-state index in [2.05, 4.69) is 13.8 Å². The molecule has 0 amide bonds. The molecule has 88 valence electrons. The first-order valence-electron chi connectivity index (χ1n) is 5.69. The third kappa shape index (κ3) is 2.47. The van der Waals surface area contributed by atoms with Gasteiger partial charge in [0.25, 0.3) is 0 Å². The molecular weight excluding hydrogens is 202 g/mol. The molecule has 2 N–H and O–H groups in total. The second-order valence-corrected chi connectivity index (χ2v) is 5.06. The Hall–Kier alpha value is -1.22. The van der Waals surface area contributed by atoms with Gasteiger partial charge in [0, 0.05) is 5.41 Å². The molecule has 0 saturated heterocycles. The topological polar surface area (TPSA) is 44.5 Å². The van der Waals surface area contributed by atoms with E-state index in [0.29, 0.717) is 19.8 Å². The summed E-state index contributed by atoms with van der Waals surface area (Å²) in [5.74, 6) is 1.68. The number of nitrogens with two attached hydrogens (primary N) is 1. The smallest absolute Gasteiger partial charge is 0.161 e. The summed E-state index contributed by atoms with van der Waals surface area (Å²) in [5, 5.41) is 0. The predicted molar refractivity (Wildman–Crippen MR) is 64.0 cm³/mol. The van der Waals surface area contributed by atoms with Crippen molar-refractivity contribution in [3.8, 4) is 11.5 Å². The van der Waals surface area contributed by atoms with E-state index in [-0.39, 0.29) is 5.41 Å². The lowest BCUT2D eigenvalue weighted by Crippen LogP contribution is -2.26. The molecule has 0 spiro atoms. The Morgan fingerprint density at radius 1 is 1.19 bits per heavy atom. The number of rotatable bonds is 2. The van der Waals surface area contributed by atoms with Gasteiger partial charge >= 0.3 is 0 Å². The summed E-state index contributed by atoms with van der Waals surface area (Å²) in [6.45, 7) is 6.31. The molecule has 0 aromatic heterocycles. The maximum absolute atomic E-state index is 5.78. The molecule has 1 aromatic rings. The van der Waals surface area contributed by atoms with Crippen LogP contribution in [0.1, 0.15) is 19.4 Å². The molecular formula is C13H19NO2. The van der Waals surface area contributed by atoms with E-state index in [4.69, 9.17) is 15.2 Å². The van der Waals surface area contributed by atoms with Gasteiger partial charge in [-0.3, -0.25) is 0 Å². The third-order valence-corrected chi connectivity index (χ3v) is 2.68. The van der Waals surface area contributed by atoms with Crippen molar-refractivity contribution in [3.05, 3.63) is 23.8 Å². The zero-order valence-corrected chi connectivity index (χ0v) is 9.95. The van der Waals surface area contributed by atoms with Crippen LogP contribution in [0.2, 0.25) is 0 Å². The molecule has 0 bridgehead atoms. The van der Waals surface area contributed by atoms with Crippen LogP contribution in [0.15, 0.2) is 18.2 Å². The summed E-state index contributed by atoms with van der Waals surface area (Å²) < 4.78 is 11.5. The lowest BCUT2D eigenvalue weighted by atomic mass is 9.97. The molecule has 2 rings (SSSR count). The molecule has 0 fully saturated rings. The minimum Gasteiger partial charge on any atom is -0.489 e. The minimum absolute atomic E-state index is 0.0626. The summed E-state index contributed by atoms with van der Waals surface area (Å²) in [4.78, 5) is 0. The van der Waals surface area contributed by atoms with Crippen molar-refractivity contribution in [2.45, 2.75) is 20.3 Å².